The van der Waals surface area contributed by atoms with Gasteiger partial charge in [0.15, 0.2) is 0 Å². The standard InChI is InChI=1S/C26H32O2/c1-6-9-21-19(4)15-18(3)16-23(21)25(24-10-7-8-13-28-24)22-12-11-17(2)14-20(5)26(22)27/h7-8,10-11,14-16,25,27H,6,9,12-13H2,1-5H3. The largest absolute Gasteiger partial charge is 0.508 e. The van der Waals surface area contributed by atoms with Gasteiger partial charge in [-0.3, -0.25) is 0 Å². The maximum atomic E-state index is 11.1. The van der Waals surface area contributed by atoms with Gasteiger partial charge in [0.2, 0.25) is 0 Å². The third-order valence-electron chi connectivity index (χ3n) is 5.60. The molecule has 1 aromatic rings. The molecule has 2 aliphatic rings. The molecule has 0 amide bonds. The number of benzene rings is 1. The Bertz CT molecular complexity index is 907. The zero-order valence-corrected chi connectivity index (χ0v) is 17.8. The van der Waals surface area contributed by atoms with Crippen molar-refractivity contribution < 1.29 is 9.84 Å². The topological polar surface area (TPSA) is 29.5 Å². The van der Waals surface area contributed by atoms with Gasteiger partial charge in [0.1, 0.15) is 18.1 Å². The van der Waals surface area contributed by atoms with E-state index >= 15 is 0 Å². The van der Waals surface area contributed by atoms with Gasteiger partial charge in [-0.1, -0.05) is 54.8 Å². The zero-order valence-electron chi connectivity index (χ0n) is 17.8. The summed E-state index contributed by atoms with van der Waals surface area (Å²) in [6, 6.07) is 4.55. The lowest BCUT2D eigenvalue weighted by Crippen LogP contribution is -2.16. The molecule has 1 unspecified atom stereocenters. The molecule has 0 saturated heterocycles. The van der Waals surface area contributed by atoms with Crippen LogP contribution in [0.2, 0.25) is 0 Å². The van der Waals surface area contributed by atoms with E-state index in [1.165, 1.54) is 27.8 Å². The minimum Gasteiger partial charge on any atom is -0.508 e. The second-order valence-electron chi connectivity index (χ2n) is 7.99. The van der Waals surface area contributed by atoms with Gasteiger partial charge in [-0.25, -0.2) is 0 Å². The van der Waals surface area contributed by atoms with Crippen LogP contribution < -0.4 is 0 Å². The summed E-state index contributed by atoms with van der Waals surface area (Å²) in [7, 11) is 0. The third kappa shape index (κ3) is 4.16. The second-order valence-corrected chi connectivity index (χ2v) is 7.99. The van der Waals surface area contributed by atoms with Crippen LogP contribution in [0.25, 0.3) is 0 Å². The van der Waals surface area contributed by atoms with Gasteiger partial charge in [0.25, 0.3) is 0 Å². The highest BCUT2D eigenvalue weighted by Crippen LogP contribution is 2.42. The Morgan fingerprint density at radius 2 is 1.93 bits per heavy atom. The molecule has 0 fully saturated rings. The number of allylic oxidation sites excluding steroid dienone is 7. The number of hydrogen-bond donors (Lipinski definition) is 1. The molecule has 28 heavy (non-hydrogen) atoms. The minimum absolute atomic E-state index is 0.0735. The van der Waals surface area contributed by atoms with Crippen LogP contribution >= 0.6 is 0 Å². The summed E-state index contributed by atoms with van der Waals surface area (Å²) >= 11 is 0. The van der Waals surface area contributed by atoms with Crippen molar-refractivity contribution in [3.63, 3.8) is 0 Å². The highest BCUT2D eigenvalue weighted by Gasteiger charge is 2.29. The molecule has 3 rings (SSSR count). The van der Waals surface area contributed by atoms with Crippen molar-refractivity contribution >= 4 is 0 Å². The summed E-state index contributed by atoms with van der Waals surface area (Å²) in [5.41, 5.74) is 8.34. The van der Waals surface area contributed by atoms with E-state index in [1.807, 2.05) is 13.0 Å². The number of rotatable bonds is 5. The average molecular weight is 377 g/mol. The van der Waals surface area contributed by atoms with Gasteiger partial charge in [0.05, 0.1) is 5.92 Å². The molecule has 1 aliphatic heterocycles. The Labute approximate surface area is 169 Å². The average Bonchev–Trinajstić information content (AvgIpc) is 2.78. The van der Waals surface area contributed by atoms with Crippen LogP contribution in [0.5, 0.6) is 0 Å². The van der Waals surface area contributed by atoms with E-state index < -0.39 is 0 Å². The molecule has 0 saturated carbocycles. The number of aryl methyl sites for hydroxylation is 2. The molecule has 0 radical (unpaired) electrons. The predicted molar refractivity (Wildman–Crippen MR) is 118 cm³/mol. The van der Waals surface area contributed by atoms with E-state index in [-0.39, 0.29) is 5.92 Å². The molecule has 2 nitrogen and oxygen atoms in total. The highest BCUT2D eigenvalue weighted by molar-refractivity contribution is 5.52. The van der Waals surface area contributed by atoms with Crippen molar-refractivity contribution in [3.8, 4) is 0 Å². The third-order valence-corrected chi connectivity index (χ3v) is 5.60. The summed E-state index contributed by atoms with van der Waals surface area (Å²) < 4.78 is 6.10. The van der Waals surface area contributed by atoms with Crippen molar-refractivity contribution in [1.82, 2.24) is 0 Å². The summed E-state index contributed by atoms with van der Waals surface area (Å²) in [6.45, 7) is 11.2. The van der Waals surface area contributed by atoms with Crippen molar-refractivity contribution in [1.29, 1.82) is 0 Å². The molecular formula is C26H32O2. The maximum absolute atomic E-state index is 11.1. The molecular weight excluding hydrogens is 344 g/mol. The minimum atomic E-state index is -0.0735. The Kier molecular flexibility index (Phi) is 6.28. The smallest absolute Gasteiger partial charge is 0.119 e. The van der Waals surface area contributed by atoms with Gasteiger partial charge in [-0.05, 0) is 80.5 Å². The molecule has 1 heterocycles. The number of aliphatic hydroxyl groups excluding tert-OH is 1. The first-order chi connectivity index (χ1) is 13.4. The molecule has 148 valence electrons. The van der Waals surface area contributed by atoms with E-state index in [4.69, 9.17) is 4.74 Å². The van der Waals surface area contributed by atoms with Crippen LogP contribution in [-0.4, -0.2) is 11.7 Å². The zero-order chi connectivity index (χ0) is 20.3. The molecule has 0 bridgehead atoms. The normalized spacial score (nSPS) is 18.1. The Morgan fingerprint density at radius 3 is 2.61 bits per heavy atom. The lowest BCUT2D eigenvalue weighted by molar-refractivity contribution is 0.225. The molecule has 2 heteroatoms. The molecule has 1 atom stereocenters. The molecule has 0 aromatic heterocycles. The van der Waals surface area contributed by atoms with Crippen LogP contribution in [0, 0.1) is 13.8 Å². The number of hydrogen-bond acceptors (Lipinski definition) is 2. The van der Waals surface area contributed by atoms with Crippen LogP contribution in [0.4, 0.5) is 0 Å². The predicted octanol–water partition coefficient (Wildman–Crippen LogP) is 6.92. The first-order valence-electron chi connectivity index (χ1n) is 10.3. The summed E-state index contributed by atoms with van der Waals surface area (Å²) in [5.74, 6) is 1.25. The Balaban J connectivity index is 2.26. The van der Waals surface area contributed by atoms with E-state index in [9.17, 15) is 5.11 Å². The molecule has 1 aliphatic carbocycles. The van der Waals surface area contributed by atoms with Gasteiger partial charge < -0.3 is 9.84 Å². The van der Waals surface area contributed by atoms with Crippen molar-refractivity contribution in [2.24, 2.45) is 0 Å². The number of ether oxygens (including phenoxy) is 1. The fraction of sp³-hybridized carbons (Fsp3) is 0.385. The summed E-state index contributed by atoms with van der Waals surface area (Å²) in [6.07, 6.45) is 13.2. The van der Waals surface area contributed by atoms with Crippen LogP contribution in [0.1, 0.15) is 61.8 Å². The van der Waals surface area contributed by atoms with E-state index in [0.717, 1.165) is 36.2 Å². The Morgan fingerprint density at radius 1 is 1.14 bits per heavy atom. The second kappa shape index (κ2) is 8.68. The lowest BCUT2D eigenvalue weighted by atomic mass is 9.80. The van der Waals surface area contributed by atoms with Crippen molar-refractivity contribution in [2.45, 2.75) is 59.8 Å². The van der Waals surface area contributed by atoms with Crippen molar-refractivity contribution in [3.05, 3.63) is 93.0 Å². The van der Waals surface area contributed by atoms with Gasteiger partial charge >= 0.3 is 0 Å². The fourth-order valence-corrected chi connectivity index (χ4v) is 4.33. The quantitative estimate of drug-likeness (QED) is 0.604. The fourth-order valence-electron chi connectivity index (χ4n) is 4.33. The Hall–Kier alpha value is -2.48. The molecule has 1 N–H and O–H groups in total. The van der Waals surface area contributed by atoms with Crippen LogP contribution in [-0.2, 0) is 11.2 Å². The van der Waals surface area contributed by atoms with Gasteiger partial charge in [-0.15, -0.1) is 0 Å². The van der Waals surface area contributed by atoms with E-state index in [0.29, 0.717) is 12.4 Å². The lowest BCUT2D eigenvalue weighted by Gasteiger charge is -2.28. The maximum Gasteiger partial charge on any atom is 0.119 e. The van der Waals surface area contributed by atoms with Crippen molar-refractivity contribution in [2.75, 3.05) is 6.61 Å². The highest BCUT2D eigenvalue weighted by atomic mass is 16.5. The van der Waals surface area contributed by atoms with Crippen LogP contribution in [0.3, 0.4) is 0 Å². The van der Waals surface area contributed by atoms with E-state index in [2.05, 4.69) is 64.1 Å². The molecule has 1 aromatic carbocycles. The first kappa shape index (κ1) is 20.3. The molecule has 0 spiro atoms. The van der Waals surface area contributed by atoms with Gasteiger partial charge in [-0.2, -0.15) is 0 Å². The summed E-state index contributed by atoms with van der Waals surface area (Å²) in [4.78, 5) is 0. The SMILES string of the molecule is CCCc1c(C)cc(C)cc1C(C1=CC=CCO1)C1=C(O)C(C)=CC(C)=CC1. The monoisotopic (exact) mass is 376 g/mol. The van der Waals surface area contributed by atoms with E-state index in [1.54, 1.807) is 0 Å². The van der Waals surface area contributed by atoms with Gasteiger partial charge in [0, 0.05) is 0 Å². The first-order valence-corrected chi connectivity index (χ1v) is 10.3. The summed E-state index contributed by atoms with van der Waals surface area (Å²) in [5, 5.41) is 11.1. The number of aliphatic hydroxyl groups is 1. The van der Waals surface area contributed by atoms with Crippen LogP contribution in [0.15, 0.2) is 70.8 Å².